The van der Waals surface area contributed by atoms with E-state index in [1.165, 1.54) is 0 Å². The highest BCUT2D eigenvalue weighted by molar-refractivity contribution is 5.97. The second kappa shape index (κ2) is 5.08. The fraction of sp³-hybridized carbons (Fsp3) is 0.462. The predicted octanol–water partition coefficient (Wildman–Crippen LogP) is 2.48. The van der Waals surface area contributed by atoms with Gasteiger partial charge in [-0.2, -0.15) is 0 Å². The van der Waals surface area contributed by atoms with E-state index in [0.29, 0.717) is 6.54 Å². The number of hydrogen-bond donors (Lipinski definition) is 2. The van der Waals surface area contributed by atoms with Gasteiger partial charge in [-0.1, -0.05) is 13.3 Å². The summed E-state index contributed by atoms with van der Waals surface area (Å²) in [6.07, 6.45) is 1.92. The number of nitrogens with one attached hydrogen (secondary N) is 2. The van der Waals surface area contributed by atoms with E-state index in [1.807, 2.05) is 18.2 Å². The number of benzene rings is 1. The van der Waals surface area contributed by atoms with E-state index in [-0.39, 0.29) is 11.8 Å². The number of carbonyl (C=O) groups excluding carboxylic acids is 1. The van der Waals surface area contributed by atoms with Gasteiger partial charge < -0.3 is 15.4 Å². The Morgan fingerprint density at radius 3 is 2.94 bits per heavy atom. The molecule has 1 aromatic rings. The van der Waals surface area contributed by atoms with Gasteiger partial charge in [-0.05, 0) is 18.6 Å². The number of amides is 1. The summed E-state index contributed by atoms with van der Waals surface area (Å²) in [5.74, 6) is 0.932. The zero-order valence-electron chi connectivity index (χ0n) is 10.2. The molecule has 0 fully saturated rings. The molecule has 0 bridgehead atoms. The SMILES string of the molecule is CCCC1CNc2cc(OC)ccc2NC1=O. The first-order chi connectivity index (χ1) is 8.24. The van der Waals surface area contributed by atoms with Crippen molar-refractivity contribution in [3.8, 4) is 5.75 Å². The summed E-state index contributed by atoms with van der Waals surface area (Å²) < 4.78 is 5.17. The highest BCUT2D eigenvalue weighted by Crippen LogP contribution is 2.30. The second-order valence-electron chi connectivity index (χ2n) is 4.27. The van der Waals surface area contributed by atoms with Crippen LogP contribution in [0.5, 0.6) is 5.75 Å². The van der Waals surface area contributed by atoms with Gasteiger partial charge in [0.2, 0.25) is 5.91 Å². The number of methoxy groups -OCH3 is 1. The second-order valence-corrected chi connectivity index (χ2v) is 4.27. The van der Waals surface area contributed by atoms with Crippen LogP contribution in [0.25, 0.3) is 0 Å². The fourth-order valence-corrected chi connectivity index (χ4v) is 2.05. The number of carbonyl (C=O) groups is 1. The maximum absolute atomic E-state index is 11.9. The molecule has 4 nitrogen and oxygen atoms in total. The third kappa shape index (κ3) is 2.52. The molecule has 0 aromatic heterocycles. The van der Waals surface area contributed by atoms with E-state index in [4.69, 9.17) is 4.74 Å². The Labute approximate surface area is 101 Å². The molecule has 0 spiro atoms. The van der Waals surface area contributed by atoms with Gasteiger partial charge in [0.05, 0.1) is 24.4 Å². The molecule has 2 N–H and O–H groups in total. The standard InChI is InChI=1S/C13H18N2O2/c1-3-4-9-8-14-12-7-10(17-2)5-6-11(12)15-13(9)16/h5-7,9,14H,3-4,8H2,1-2H3,(H,15,16). The number of hydrogen-bond acceptors (Lipinski definition) is 3. The third-order valence-electron chi connectivity index (χ3n) is 3.03. The molecule has 1 aliphatic heterocycles. The van der Waals surface area contributed by atoms with Gasteiger partial charge in [0.1, 0.15) is 5.75 Å². The average molecular weight is 234 g/mol. The van der Waals surface area contributed by atoms with Crippen molar-refractivity contribution in [1.29, 1.82) is 0 Å². The molecule has 1 atom stereocenters. The molecule has 1 unspecified atom stereocenters. The van der Waals surface area contributed by atoms with Crippen LogP contribution in [0.3, 0.4) is 0 Å². The maximum atomic E-state index is 11.9. The molecule has 0 radical (unpaired) electrons. The Morgan fingerprint density at radius 2 is 2.24 bits per heavy atom. The monoisotopic (exact) mass is 234 g/mol. The van der Waals surface area contributed by atoms with Crippen LogP contribution < -0.4 is 15.4 Å². The first kappa shape index (κ1) is 11.8. The van der Waals surface area contributed by atoms with E-state index < -0.39 is 0 Å². The van der Waals surface area contributed by atoms with Crippen LogP contribution >= 0.6 is 0 Å². The molecule has 17 heavy (non-hydrogen) atoms. The summed E-state index contributed by atoms with van der Waals surface area (Å²) in [6.45, 7) is 2.77. The lowest BCUT2D eigenvalue weighted by molar-refractivity contribution is -0.119. The van der Waals surface area contributed by atoms with Crippen LogP contribution in [-0.4, -0.2) is 19.6 Å². The van der Waals surface area contributed by atoms with Crippen molar-refractivity contribution in [2.24, 2.45) is 5.92 Å². The Balaban J connectivity index is 2.22. The van der Waals surface area contributed by atoms with Crippen LogP contribution in [-0.2, 0) is 4.79 Å². The number of fused-ring (bicyclic) bond motifs is 1. The summed E-state index contributed by atoms with van der Waals surface area (Å²) in [5, 5.41) is 6.25. The Morgan fingerprint density at radius 1 is 1.41 bits per heavy atom. The van der Waals surface area contributed by atoms with E-state index >= 15 is 0 Å². The zero-order valence-corrected chi connectivity index (χ0v) is 10.2. The van der Waals surface area contributed by atoms with Crippen molar-refractivity contribution in [3.63, 3.8) is 0 Å². The van der Waals surface area contributed by atoms with E-state index in [2.05, 4.69) is 17.6 Å². The summed E-state index contributed by atoms with van der Waals surface area (Å²) in [4.78, 5) is 11.9. The fourth-order valence-electron chi connectivity index (χ4n) is 2.05. The van der Waals surface area contributed by atoms with Gasteiger partial charge in [0.25, 0.3) is 0 Å². The molecule has 1 aromatic carbocycles. The number of rotatable bonds is 3. The van der Waals surface area contributed by atoms with Crippen LogP contribution in [0.4, 0.5) is 11.4 Å². The van der Waals surface area contributed by atoms with Gasteiger partial charge in [-0.25, -0.2) is 0 Å². The van der Waals surface area contributed by atoms with Crippen LogP contribution in [0.1, 0.15) is 19.8 Å². The smallest absolute Gasteiger partial charge is 0.229 e. The van der Waals surface area contributed by atoms with E-state index in [0.717, 1.165) is 30.0 Å². The molecule has 0 aliphatic carbocycles. The normalized spacial score (nSPS) is 18.7. The van der Waals surface area contributed by atoms with E-state index in [9.17, 15) is 4.79 Å². The Hall–Kier alpha value is -1.71. The molecule has 2 rings (SSSR count). The van der Waals surface area contributed by atoms with Crippen molar-refractivity contribution < 1.29 is 9.53 Å². The van der Waals surface area contributed by atoms with Crippen molar-refractivity contribution in [2.75, 3.05) is 24.3 Å². The minimum absolute atomic E-state index is 0.0402. The van der Waals surface area contributed by atoms with Crippen LogP contribution in [0.2, 0.25) is 0 Å². The lowest BCUT2D eigenvalue weighted by atomic mass is 10.0. The van der Waals surface area contributed by atoms with Gasteiger partial charge in [0, 0.05) is 12.6 Å². The maximum Gasteiger partial charge on any atom is 0.229 e. The zero-order chi connectivity index (χ0) is 12.3. The minimum atomic E-state index is 0.0402. The summed E-state index contributed by atoms with van der Waals surface area (Å²) in [7, 11) is 1.64. The number of anilines is 2. The van der Waals surface area contributed by atoms with Crippen LogP contribution in [0, 0.1) is 5.92 Å². The summed E-state index contributed by atoms with van der Waals surface area (Å²) >= 11 is 0. The quantitative estimate of drug-likeness (QED) is 0.844. The van der Waals surface area contributed by atoms with Crippen molar-refractivity contribution in [2.45, 2.75) is 19.8 Å². The molecular formula is C13H18N2O2. The molecule has 4 heteroatoms. The molecule has 0 saturated carbocycles. The molecule has 1 amide bonds. The molecule has 92 valence electrons. The van der Waals surface area contributed by atoms with Gasteiger partial charge >= 0.3 is 0 Å². The first-order valence-electron chi connectivity index (χ1n) is 5.97. The van der Waals surface area contributed by atoms with Crippen molar-refractivity contribution in [1.82, 2.24) is 0 Å². The lowest BCUT2D eigenvalue weighted by Crippen LogP contribution is -2.25. The average Bonchev–Trinajstić information content (AvgIpc) is 2.49. The van der Waals surface area contributed by atoms with E-state index in [1.54, 1.807) is 7.11 Å². The van der Waals surface area contributed by atoms with Gasteiger partial charge in [0.15, 0.2) is 0 Å². The molecule has 0 saturated heterocycles. The van der Waals surface area contributed by atoms with Gasteiger partial charge in [-0.3, -0.25) is 4.79 Å². The Bertz CT molecular complexity index is 418. The van der Waals surface area contributed by atoms with Gasteiger partial charge in [-0.15, -0.1) is 0 Å². The first-order valence-corrected chi connectivity index (χ1v) is 5.97. The number of ether oxygens (including phenoxy) is 1. The minimum Gasteiger partial charge on any atom is -0.497 e. The summed E-state index contributed by atoms with van der Waals surface area (Å²) in [5.41, 5.74) is 1.76. The third-order valence-corrected chi connectivity index (χ3v) is 3.03. The topological polar surface area (TPSA) is 50.4 Å². The lowest BCUT2D eigenvalue weighted by Gasteiger charge is -2.11. The molecule has 1 heterocycles. The molecular weight excluding hydrogens is 216 g/mol. The Kier molecular flexibility index (Phi) is 3.52. The highest BCUT2D eigenvalue weighted by Gasteiger charge is 2.22. The largest absolute Gasteiger partial charge is 0.497 e. The van der Waals surface area contributed by atoms with Crippen molar-refractivity contribution in [3.05, 3.63) is 18.2 Å². The van der Waals surface area contributed by atoms with Crippen LogP contribution in [0.15, 0.2) is 18.2 Å². The summed E-state index contributed by atoms with van der Waals surface area (Å²) in [6, 6.07) is 5.62. The molecule has 1 aliphatic rings. The predicted molar refractivity (Wildman–Crippen MR) is 68.5 cm³/mol. The van der Waals surface area contributed by atoms with Crippen molar-refractivity contribution >= 4 is 17.3 Å². The highest BCUT2D eigenvalue weighted by atomic mass is 16.5.